The van der Waals surface area contributed by atoms with E-state index in [1.807, 2.05) is 36.1 Å². The van der Waals surface area contributed by atoms with Gasteiger partial charge in [0.05, 0.1) is 39.1 Å². The minimum absolute atomic E-state index is 0.686. The fourth-order valence-corrected chi connectivity index (χ4v) is 3.37. The maximum atomic E-state index is 5.82. The molecule has 0 unspecified atom stereocenters. The molecule has 4 rings (SSSR count). The third kappa shape index (κ3) is 3.24. The van der Waals surface area contributed by atoms with Gasteiger partial charge < -0.3 is 20.1 Å². The van der Waals surface area contributed by atoms with Crippen molar-refractivity contribution in [2.45, 2.75) is 19.4 Å². The molecule has 2 aliphatic heterocycles. The number of azo groups is 1. The second kappa shape index (κ2) is 7.33. The van der Waals surface area contributed by atoms with Crippen molar-refractivity contribution in [3.8, 4) is 11.5 Å². The van der Waals surface area contributed by atoms with Crippen LogP contribution in [-0.2, 0) is 13.6 Å². The van der Waals surface area contributed by atoms with Crippen molar-refractivity contribution in [2.75, 3.05) is 37.7 Å². The summed E-state index contributed by atoms with van der Waals surface area (Å²) in [5.41, 5.74) is 7.36. The molecule has 0 atom stereocenters. The topological polar surface area (TPSA) is 81.2 Å². The van der Waals surface area contributed by atoms with E-state index in [2.05, 4.69) is 19.7 Å². The number of anilines is 1. The zero-order valence-electron chi connectivity index (χ0n) is 15.1. The molecule has 8 heteroatoms. The van der Waals surface area contributed by atoms with E-state index in [-0.39, 0.29) is 0 Å². The van der Waals surface area contributed by atoms with Gasteiger partial charge in [0.15, 0.2) is 0 Å². The molecule has 1 aromatic carbocycles. The average Bonchev–Trinajstić information content (AvgIpc) is 3.00. The number of aryl methyl sites for hydroxylation is 2. The number of nitrogens with zero attached hydrogens (tertiary/aromatic N) is 5. The molecule has 0 saturated carbocycles. The Morgan fingerprint density at radius 2 is 1.85 bits per heavy atom. The summed E-state index contributed by atoms with van der Waals surface area (Å²) in [6.45, 7) is 4.76. The number of nitrogens with two attached hydrogens (primary N) is 1. The van der Waals surface area contributed by atoms with Gasteiger partial charge in [-0.15, -0.1) is 0 Å². The van der Waals surface area contributed by atoms with Gasteiger partial charge in [-0.05, 0) is 19.4 Å². The molecular formula is C18H25N6O2+. The highest BCUT2D eigenvalue weighted by atomic mass is 16.5. The summed E-state index contributed by atoms with van der Waals surface area (Å²) in [4.78, 5) is 2.31. The highest BCUT2D eigenvalue weighted by molar-refractivity contribution is 5.74. The lowest BCUT2D eigenvalue weighted by molar-refractivity contribution is -0.657. The Bertz CT molecular complexity index is 785. The zero-order valence-corrected chi connectivity index (χ0v) is 15.1. The van der Waals surface area contributed by atoms with Crippen molar-refractivity contribution in [1.82, 2.24) is 4.57 Å². The van der Waals surface area contributed by atoms with E-state index in [1.54, 1.807) is 0 Å². The van der Waals surface area contributed by atoms with E-state index >= 15 is 0 Å². The Labute approximate surface area is 152 Å². The predicted molar refractivity (Wildman–Crippen MR) is 97.7 cm³/mol. The van der Waals surface area contributed by atoms with Crippen molar-refractivity contribution < 1.29 is 14.0 Å². The van der Waals surface area contributed by atoms with Crippen LogP contribution in [0.25, 0.3) is 0 Å². The highest BCUT2D eigenvalue weighted by Gasteiger charge is 2.27. The van der Waals surface area contributed by atoms with E-state index in [1.165, 1.54) is 0 Å². The van der Waals surface area contributed by atoms with Gasteiger partial charge in [0, 0.05) is 17.2 Å². The first-order chi connectivity index (χ1) is 12.8. The second-order valence-electron chi connectivity index (χ2n) is 6.57. The van der Waals surface area contributed by atoms with Crippen LogP contribution in [0.5, 0.6) is 11.5 Å². The lowest BCUT2D eigenvalue weighted by Crippen LogP contribution is -2.38. The lowest BCUT2D eigenvalue weighted by atomic mass is 10.1. The SMILES string of the molecule is C[n+]1ccn(CCCCN)c1N=Nc1cc2c3c(c1)OCCN3CCO2. The first kappa shape index (κ1) is 16.8. The van der Waals surface area contributed by atoms with E-state index in [0.29, 0.717) is 19.8 Å². The van der Waals surface area contributed by atoms with E-state index in [4.69, 9.17) is 15.2 Å². The monoisotopic (exact) mass is 357 g/mol. The molecular weight excluding hydrogens is 332 g/mol. The van der Waals surface area contributed by atoms with Crippen molar-refractivity contribution >= 4 is 17.3 Å². The van der Waals surface area contributed by atoms with Gasteiger partial charge in [0.25, 0.3) is 0 Å². The molecule has 0 radical (unpaired) electrons. The Hall–Kier alpha value is -2.61. The number of hydrogen-bond donors (Lipinski definition) is 1. The summed E-state index contributed by atoms with van der Waals surface area (Å²) >= 11 is 0. The number of rotatable bonds is 6. The molecule has 138 valence electrons. The number of unbranched alkanes of at least 4 members (excludes halogenated alkanes) is 1. The first-order valence-corrected chi connectivity index (χ1v) is 9.11. The zero-order chi connectivity index (χ0) is 17.9. The van der Waals surface area contributed by atoms with Crippen LogP contribution in [0.1, 0.15) is 12.8 Å². The maximum absolute atomic E-state index is 5.82. The summed E-state index contributed by atoms with van der Waals surface area (Å²) in [5, 5.41) is 8.92. The third-order valence-corrected chi connectivity index (χ3v) is 4.73. The standard InChI is InChI=1S/C18H25N6O2/c1-22-6-7-24(5-3-2-4-19)18(22)21-20-14-12-15-17-16(13-14)26-11-9-23(17)8-10-25-15/h6-7,12-13H,2-5,8-11,19H2,1H3/q+1. The lowest BCUT2D eigenvalue weighted by Gasteiger charge is -2.35. The molecule has 0 amide bonds. The van der Waals surface area contributed by atoms with Gasteiger partial charge >= 0.3 is 5.95 Å². The fourth-order valence-electron chi connectivity index (χ4n) is 3.37. The van der Waals surface area contributed by atoms with Crippen molar-refractivity contribution in [3.05, 3.63) is 24.5 Å². The molecule has 0 bridgehead atoms. The van der Waals surface area contributed by atoms with Crippen LogP contribution in [0.15, 0.2) is 34.8 Å². The Kier molecular flexibility index (Phi) is 4.75. The first-order valence-electron chi connectivity index (χ1n) is 9.11. The quantitative estimate of drug-likeness (QED) is 0.487. The summed E-state index contributed by atoms with van der Waals surface area (Å²) in [7, 11) is 1.97. The van der Waals surface area contributed by atoms with Crippen molar-refractivity contribution in [2.24, 2.45) is 23.0 Å². The Balaban J connectivity index is 1.59. The van der Waals surface area contributed by atoms with Gasteiger partial charge in [-0.3, -0.25) is 0 Å². The van der Waals surface area contributed by atoms with Gasteiger partial charge in [0.2, 0.25) is 0 Å². The molecule has 0 spiro atoms. The van der Waals surface area contributed by atoms with Gasteiger partial charge in [-0.1, -0.05) is 5.11 Å². The number of benzene rings is 1. The van der Waals surface area contributed by atoms with Crippen LogP contribution in [-0.4, -0.2) is 37.4 Å². The van der Waals surface area contributed by atoms with Gasteiger partial charge in [0.1, 0.15) is 36.1 Å². The molecule has 0 fully saturated rings. The van der Waals surface area contributed by atoms with Gasteiger partial charge in [-0.2, -0.15) is 0 Å². The van der Waals surface area contributed by atoms with Gasteiger partial charge in [-0.25, -0.2) is 9.13 Å². The van der Waals surface area contributed by atoms with E-state index < -0.39 is 0 Å². The molecule has 26 heavy (non-hydrogen) atoms. The van der Waals surface area contributed by atoms with Crippen LogP contribution in [0, 0.1) is 0 Å². The highest BCUT2D eigenvalue weighted by Crippen LogP contribution is 2.45. The fraction of sp³-hybridized carbons (Fsp3) is 0.500. The Morgan fingerprint density at radius 1 is 1.12 bits per heavy atom. The van der Waals surface area contributed by atoms with Crippen molar-refractivity contribution in [3.63, 3.8) is 0 Å². The largest absolute Gasteiger partial charge is 0.489 e. The second-order valence-corrected chi connectivity index (χ2v) is 6.57. The molecule has 2 aliphatic rings. The number of aromatic nitrogens is 2. The molecule has 1 aromatic heterocycles. The summed E-state index contributed by atoms with van der Waals surface area (Å²) in [6, 6.07) is 3.87. The third-order valence-electron chi connectivity index (χ3n) is 4.73. The molecule has 8 nitrogen and oxygen atoms in total. The van der Waals surface area contributed by atoms with Crippen LogP contribution < -0.4 is 24.7 Å². The minimum Gasteiger partial charge on any atom is -0.489 e. The molecule has 0 saturated heterocycles. The number of ether oxygens (including phenoxy) is 2. The number of imidazole rings is 1. The van der Waals surface area contributed by atoms with E-state index in [9.17, 15) is 0 Å². The Morgan fingerprint density at radius 3 is 2.54 bits per heavy atom. The molecule has 2 aromatic rings. The van der Waals surface area contributed by atoms with Crippen LogP contribution in [0.2, 0.25) is 0 Å². The molecule has 0 aliphatic carbocycles. The van der Waals surface area contributed by atoms with E-state index in [0.717, 1.165) is 61.3 Å². The minimum atomic E-state index is 0.686. The normalized spacial score (nSPS) is 15.7. The molecule has 3 heterocycles. The van der Waals surface area contributed by atoms with Crippen LogP contribution in [0.4, 0.5) is 17.3 Å². The number of hydrogen-bond acceptors (Lipinski definition) is 6. The predicted octanol–water partition coefficient (Wildman–Crippen LogP) is 2.06. The maximum Gasteiger partial charge on any atom is 0.421 e. The molecule has 2 N–H and O–H groups in total. The smallest absolute Gasteiger partial charge is 0.421 e. The summed E-state index contributed by atoms with van der Waals surface area (Å²) < 4.78 is 15.7. The van der Waals surface area contributed by atoms with Crippen molar-refractivity contribution in [1.29, 1.82) is 0 Å². The summed E-state index contributed by atoms with van der Waals surface area (Å²) in [5.74, 6) is 2.45. The van der Waals surface area contributed by atoms with Crippen LogP contribution in [0.3, 0.4) is 0 Å². The average molecular weight is 357 g/mol. The summed E-state index contributed by atoms with van der Waals surface area (Å²) in [6.07, 6.45) is 6.02. The van der Waals surface area contributed by atoms with Crippen LogP contribution >= 0.6 is 0 Å².